The molecule has 2 aromatic rings. The minimum Gasteiger partial charge on any atom is -0.340 e. The topological polar surface area (TPSA) is 89.1 Å². The molecule has 25 heavy (non-hydrogen) atoms. The average molecular weight is 346 g/mol. The van der Waals surface area contributed by atoms with Crippen LogP contribution in [0.5, 0.6) is 0 Å². The van der Waals surface area contributed by atoms with Gasteiger partial charge in [0.2, 0.25) is 5.89 Å². The Morgan fingerprint density at radius 3 is 3.00 bits per heavy atom. The average Bonchev–Trinajstić information content (AvgIpc) is 3.21. The van der Waals surface area contributed by atoms with Crippen molar-refractivity contribution in [3.05, 3.63) is 29.9 Å². The van der Waals surface area contributed by atoms with Crippen LogP contribution in [-0.4, -0.2) is 43.7 Å². The first-order valence-electron chi connectivity index (χ1n) is 8.88. The maximum atomic E-state index is 12.7. The third kappa shape index (κ3) is 4.18. The number of piperidine rings is 1. The molecular formula is C17H26N6O2. The van der Waals surface area contributed by atoms with E-state index in [1.165, 1.54) is 0 Å². The number of hydrogen-bond donors (Lipinski definition) is 1. The van der Waals surface area contributed by atoms with Crippen LogP contribution < -0.4 is 5.32 Å². The van der Waals surface area contributed by atoms with Crippen molar-refractivity contribution in [2.75, 3.05) is 13.1 Å². The smallest absolute Gasteiger partial charge is 0.317 e. The van der Waals surface area contributed by atoms with Crippen LogP contribution in [0, 0.1) is 12.8 Å². The van der Waals surface area contributed by atoms with Gasteiger partial charge in [0, 0.05) is 45.9 Å². The molecule has 136 valence electrons. The largest absolute Gasteiger partial charge is 0.340 e. The normalized spacial score (nSPS) is 19.0. The highest BCUT2D eigenvalue weighted by atomic mass is 16.5. The fraction of sp³-hybridized carbons (Fsp3) is 0.647. The summed E-state index contributed by atoms with van der Waals surface area (Å²) in [7, 11) is 2.01. The molecule has 0 radical (unpaired) electrons. The molecule has 0 aromatic carbocycles. The summed E-state index contributed by atoms with van der Waals surface area (Å²) in [5.41, 5.74) is 0. The molecule has 8 nitrogen and oxygen atoms in total. The predicted octanol–water partition coefficient (Wildman–Crippen LogP) is 2.23. The Labute approximate surface area is 147 Å². The number of carbonyl (C=O) groups is 1. The van der Waals surface area contributed by atoms with E-state index in [2.05, 4.69) is 20.4 Å². The van der Waals surface area contributed by atoms with Crippen molar-refractivity contribution in [1.82, 2.24) is 29.9 Å². The molecule has 2 atom stereocenters. The van der Waals surface area contributed by atoms with E-state index in [9.17, 15) is 4.79 Å². The Kier molecular flexibility index (Phi) is 5.35. The molecule has 3 rings (SSSR count). The number of rotatable bonds is 5. The summed E-state index contributed by atoms with van der Waals surface area (Å²) in [6.45, 7) is 5.28. The lowest BCUT2D eigenvalue weighted by Gasteiger charge is -2.33. The van der Waals surface area contributed by atoms with Crippen molar-refractivity contribution in [3.8, 4) is 0 Å². The van der Waals surface area contributed by atoms with E-state index in [-0.39, 0.29) is 12.1 Å². The van der Waals surface area contributed by atoms with Gasteiger partial charge in [0.15, 0.2) is 5.82 Å². The molecule has 1 fully saturated rings. The first kappa shape index (κ1) is 17.4. The number of nitrogens with zero attached hydrogens (tertiary/aromatic N) is 5. The SMILES string of the molecule is CCC(NC(=O)N1CCCC(Cc2nccn2C)C1)c1noc(C)n1. The molecule has 1 N–H and O–H groups in total. The summed E-state index contributed by atoms with van der Waals surface area (Å²) in [6.07, 6.45) is 7.53. The molecule has 0 aliphatic carbocycles. The van der Waals surface area contributed by atoms with Crippen molar-refractivity contribution in [2.24, 2.45) is 13.0 Å². The standard InChI is InChI=1S/C17H26N6O2/c1-4-14(16-19-12(2)25-21-16)20-17(24)23-8-5-6-13(11-23)10-15-18-7-9-22(15)3/h7,9,13-14H,4-6,8,10-11H2,1-3H3,(H,20,24). The van der Waals surface area contributed by atoms with Crippen LogP contribution in [0.25, 0.3) is 0 Å². The maximum Gasteiger partial charge on any atom is 0.317 e. The van der Waals surface area contributed by atoms with Gasteiger partial charge in [-0.1, -0.05) is 12.1 Å². The van der Waals surface area contributed by atoms with E-state index >= 15 is 0 Å². The molecule has 1 aliphatic heterocycles. The van der Waals surface area contributed by atoms with Gasteiger partial charge >= 0.3 is 6.03 Å². The van der Waals surface area contributed by atoms with Gasteiger partial charge in [-0.25, -0.2) is 9.78 Å². The first-order valence-corrected chi connectivity index (χ1v) is 8.88. The number of amides is 2. The van der Waals surface area contributed by atoms with E-state index in [0.29, 0.717) is 17.6 Å². The van der Waals surface area contributed by atoms with Crippen molar-refractivity contribution in [2.45, 2.75) is 45.6 Å². The van der Waals surface area contributed by atoms with Crippen LogP contribution in [0.3, 0.4) is 0 Å². The quantitative estimate of drug-likeness (QED) is 0.897. The molecule has 3 heterocycles. The lowest BCUT2D eigenvalue weighted by molar-refractivity contribution is 0.160. The van der Waals surface area contributed by atoms with E-state index in [4.69, 9.17) is 4.52 Å². The highest BCUT2D eigenvalue weighted by molar-refractivity contribution is 5.74. The fourth-order valence-corrected chi connectivity index (χ4v) is 3.31. The van der Waals surface area contributed by atoms with Crippen LogP contribution in [-0.2, 0) is 13.5 Å². The monoisotopic (exact) mass is 346 g/mol. The number of imidazole rings is 1. The molecule has 0 bridgehead atoms. The zero-order valence-corrected chi connectivity index (χ0v) is 15.1. The Morgan fingerprint density at radius 2 is 2.36 bits per heavy atom. The first-order chi connectivity index (χ1) is 12.1. The molecule has 1 aliphatic rings. The second-order valence-corrected chi connectivity index (χ2v) is 6.69. The predicted molar refractivity (Wildman–Crippen MR) is 91.8 cm³/mol. The van der Waals surface area contributed by atoms with Crippen molar-refractivity contribution >= 4 is 6.03 Å². The second-order valence-electron chi connectivity index (χ2n) is 6.69. The Balaban J connectivity index is 1.58. The zero-order valence-electron chi connectivity index (χ0n) is 15.1. The zero-order chi connectivity index (χ0) is 17.8. The van der Waals surface area contributed by atoms with E-state index in [1.54, 1.807) is 6.92 Å². The van der Waals surface area contributed by atoms with Crippen LogP contribution >= 0.6 is 0 Å². The summed E-state index contributed by atoms with van der Waals surface area (Å²) in [4.78, 5) is 23.2. The third-order valence-electron chi connectivity index (χ3n) is 4.76. The summed E-state index contributed by atoms with van der Waals surface area (Å²) in [5, 5.41) is 6.97. The molecular weight excluding hydrogens is 320 g/mol. The Hall–Kier alpha value is -2.38. The van der Waals surface area contributed by atoms with Gasteiger partial charge in [-0.3, -0.25) is 0 Å². The maximum absolute atomic E-state index is 12.7. The molecule has 1 saturated heterocycles. The Bertz CT molecular complexity index is 710. The summed E-state index contributed by atoms with van der Waals surface area (Å²) >= 11 is 0. The van der Waals surface area contributed by atoms with Crippen LogP contribution in [0.4, 0.5) is 4.79 Å². The van der Waals surface area contributed by atoms with Crippen LogP contribution in [0.15, 0.2) is 16.9 Å². The number of hydrogen-bond acceptors (Lipinski definition) is 5. The minimum atomic E-state index is -0.222. The van der Waals surface area contributed by atoms with Crippen LogP contribution in [0.2, 0.25) is 0 Å². The molecule has 0 spiro atoms. The molecule has 2 amide bonds. The molecule has 0 saturated carbocycles. The highest BCUT2D eigenvalue weighted by Gasteiger charge is 2.27. The molecule has 8 heteroatoms. The van der Waals surface area contributed by atoms with Gasteiger partial charge in [-0.2, -0.15) is 4.98 Å². The number of nitrogens with one attached hydrogen (secondary N) is 1. The van der Waals surface area contributed by atoms with Crippen molar-refractivity contribution < 1.29 is 9.32 Å². The van der Waals surface area contributed by atoms with E-state index in [1.807, 2.05) is 35.8 Å². The summed E-state index contributed by atoms with van der Waals surface area (Å²) in [5.74, 6) is 2.56. The number of urea groups is 1. The lowest BCUT2D eigenvalue weighted by atomic mass is 9.94. The molecule has 2 unspecified atom stereocenters. The lowest BCUT2D eigenvalue weighted by Crippen LogP contribution is -2.47. The number of aryl methyl sites for hydroxylation is 2. The van der Waals surface area contributed by atoms with Gasteiger partial charge in [-0.05, 0) is 25.2 Å². The number of likely N-dealkylation sites (tertiary alicyclic amines) is 1. The fourth-order valence-electron chi connectivity index (χ4n) is 3.31. The summed E-state index contributed by atoms with van der Waals surface area (Å²) in [6, 6.07) is -0.279. The van der Waals surface area contributed by atoms with Gasteiger partial charge in [0.25, 0.3) is 0 Å². The number of carbonyl (C=O) groups excluding carboxylic acids is 1. The van der Waals surface area contributed by atoms with Crippen molar-refractivity contribution in [1.29, 1.82) is 0 Å². The summed E-state index contributed by atoms with van der Waals surface area (Å²) < 4.78 is 7.07. The van der Waals surface area contributed by atoms with Gasteiger partial charge < -0.3 is 19.3 Å². The van der Waals surface area contributed by atoms with Gasteiger partial charge in [0.1, 0.15) is 5.82 Å². The number of aromatic nitrogens is 4. The van der Waals surface area contributed by atoms with Gasteiger partial charge in [0.05, 0.1) is 6.04 Å². The van der Waals surface area contributed by atoms with Crippen LogP contribution in [0.1, 0.15) is 49.8 Å². The minimum absolute atomic E-state index is 0.0566. The Morgan fingerprint density at radius 1 is 1.52 bits per heavy atom. The van der Waals surface area contributed by atoms with Crippen molar-refractivity contribution in [3.63, 3.8) is 0 Å². The second kappa shape index (κ2) is 7.67. The van der Waals surface area contributed by atoms with Gasteiger partial charge in [-0.15, -0.1) is 0 Å². The highest BCUT2D eigenvalue weighted by Crippen LogP contribution is 2.21. The van der Waals surface area contributed by atoms with E-state index in [0.717, 1.165) is 44.6 Å². The third-order valence-corrected chi connectivity index (χ3v) is 4.76. The van der Waals surface area contributed by atoms with E-state index < -0.39 is 0 Å². The molecule has 2 aromatic heterocycles.